The maximum atomic E-state index is 13.9. The highest BCUT2D eigenvalue weighted by Gasteiger charge is 2.50. The number of benzene rings is 2. The molecule has 1 aliphatic carbocycles. The van der Waals surface area contributed by atoms with Gasteiger partial charge in [0.25, 0.3) is 0 Å². The van der Waals surface area contributed by atoms with Gasteiger partial charge in [-0.15, -0.1) is 0 Å². The van der Waals surface area contributed by atoms with Gasteiger partial charge in [0.2, 0.25) is 0 Å². The van der Waals surface area contributed by atoms with E-state index in [9.17, 15) is 40.3 Å². The van der Waals surface area contributed by atoms with E-state index in [0.29, 0.717) is 23.3 Å². The van der Waals surface area contributed by atoms with Crippen LogP contribution in [0.15, 0.2) is 36.4 Å². The molecule has 1 saturated carbocycles. The maximum Gasteiger partial charge on any atom is 0.416 e. The van der Waals surface area contributed by atoms with E-state index >= 15 is 0 Å². The molecule has 1 aliphatic heterocycles. The number of urea groups is 1. The summed E-state index contributed by atoms with van der Waals surface area (Å²) in [4.78, 5) is 29.2. The minimum absolute atomic E-state index is 0.0149. The molecule has 6 nitrogen and oxygen atoms in total. The first-order chi connectivity index (χ1) is 18.8. The largest absolute Gasteiger partial charge is 0.444 e. The van der Waals surface area contributed by atoms with Gasteiger partial charge in [-0.3, -0.25) is 0 Å². The van der Waals surface area contributed by atoms with Crippen molar-refractivity contribution in [3.05, 3.63) is 70.0 Å². The fourth-order valence-electron chi connectivity index (χ4n) is 4.92. The van der Waals surface area contributed by atoms with Gasteiger partial charge in [0.15, 0.2) is 0 Å². The Morgan fingerprint density at radius 2 is 1.51 bits per heavy atom. The second kappa shape index (κ2) is 10.4. The molecule has 0 unspecified atom stereocenters. The minimum Gasteiger partial charge on any atom is -0.444 e. The number of halogens is 7. The Labute approximate surface area is 232 Å². The third-order valence-corrected chi connectivity index (χ3v) is 7.12. The molecule has 41 heavy (non-hydrogen) atoms. The average molecular weight is 590 g/mol. The van der Waals surface area contributed by atoms with Gasteiger partial charge in [-0.05, 0) is 87.6 Å². The third-order valence-electron chi connectivity index (χ3n) is 7.12. The smallest absolute Gasteiger partial charge is 0.416 e. The van der Waals surface area contributed by atoms with E-state index in [-0.39, 0.29) is 44.1 Å². The Hall–Kier alpha value is -3.51. The number of aryl methyl sites for hydroxylation is 1. The highest BCUT2D eigenvalue weighted by atomic mass is 19.4. The predicted octanol–water partition coefficient (Wildman–Crippen LogP) is 7.16. The zero-order valence-electron chi connectivity index (χ0n) is 22.8. The first-order valence-corrected chi connectivity index (χ1v) is 12.9. The lowest BCUT2D eigenvalue weighted by Gasteiger charge is -2.42. The summed E-state index contributed by atoms with van der Waals surface area (Å²) in [6.45, 7) is 6.75. The van der Waals surface area contributed by atoms with E-state index in [4.69, 9.17) is 4.74 Å². The van der Waals surface area contributed by atoms with E-state index in [1.54, 1.807) is 27.7 Å². The Morgan fingerprint density at radius 3 is 2.00 bits per heavy atom. The molecule has 1 heterocycles. The van der Waals surface area contributed by atoms with Crippen molar-refractivity contribution in [1.82, 2.24) is 15.1 Å². The van der Waals surface area contributed by atoms with Gasteiger partial charge in [-0.2, -0.15) is 26.3 Å². The number of rotatable bonds is 3. The zero-order chi connectivity index (χ0) is 30.5. The van der Waals surface area contributed by atoms with Crippen molar-refractivity contribution < 1.29 is 45.1 Å². The van der Waals surface area contributed by atoms with Gasteiger partial charge >= 0.3 is 24.5 Å². The first kappa shape index (κ1) is 30.4. The summed E-state index contributed by atoms with van der Waals surface area (Å²) in [7, 11) is 0. The molecular weight excluding hydrogens is 559 g/mol. The van der Waals surface area contributed by atoms with E-state index < -0.39 is 58.6 Å². The summed E-state index contributed by atoms with van der Waals surface area (Å²) in [6, 6.07) is 3.73. The van der Waals surface area contributed by atoms with Gasteiger partial charge in [-0.25, -0.2) is 14.0 Å². The molecule has 2 aliphatic rings. The van der Waals surface area contributed by atoms with Crippen molar-refractivity contribution >= 4 is 12.1 Å². The molecule has 3 amide bonds. The molecule has 2 aromatic rings. The Balaban J connectivity index is 1.65. The number of carbonyl (C=O) groups is 2. The van der Waals surface area contributed by atoms with Crippen LogP contribution >= 0.6 is 0 Å². The standard InChI is InChI=1S/C28H30F7N3O3/c1-16-11-20(29)5-6-21(16)22-15-37(24(40)41-25(2,3)4)9-10-38(22)23(39)36-26(7-8-26)17-12-18(27(30,31)32)14-19(13-17)28(33,34)35/h5-6,11-14,22H,7-10,15H2,1-4H3,(H,36,39)/t22-/m1/s1. The van der Waals surface area contributed by atoms with Crippen molar-refractivity contribution in [2.75, 3.05) is 19.6 Å². The Kier molecular flexibility index (Phi) is 7.72. The number of piperazine rings is 1. The second-order valence-corrected chi connectivity index (χ2v) is 11.4. The van der Waals surface area contributed by atoms with E-state index in [1.165, 1.54) is 28.0 Å². The SMILES string of the molecule is Cc1cc(F)ccc1[C@H]1CN(C(=O)OC(C)(C)C)CCN1C(=O)NC1(c2cc(C(F)(F)F)cc(C(F)(F)F)c2)CC1. The highest BCUT2D eigenvalue weighted by molar-refractivity contribution is 5.77. The molecule has 1 N–H and O–H groups in total. The molecule has 0 aromatic heterocycles. The molecule has 0 radical (unpaired) electrons. The van der Waals surface area contributed by atoms with Crippen LogP contribution in [0.5, 0.6) is 0 Å². The molecule has 224 valence electrons. The molecule has 1 atom stereocenters. The zero-order valence-corrected chi connectivity index (χ0v) is 22.8. The Morgan fingerprint density at radius 1 is 0.927 bits per heavy atom. The van der Waals surface area contributed by atoms with E-state index in [0.717, 1.165) is 0 Å². The van der Waals surface area contributed by atoms with Crippen molar-refractivity contribution in [1.29, 1.82) is 0 Å². The van der Waals surface area contributed by atoms with Gasteiger partial charge in [-0.1, -0.05) is 6.07 Å². The second-order valence-electron chi connectivity index (χ2n) is 11.4. The number of nitrogens with zero attached hydrogens (tertiary/aromatic N) is 2. The number of amides is 3. The quantitative estimate of drug-likeness (QED) is 0.387. The van der Waals surface area contributed by atoms with Crippen LogP contribution in [0.2, 0.25) is 0 Å². The molecular formula is C28H30F7N3O3. The van der Waals surface area contributed by atoms with Gasteiger partial charge in [0.05, 0.1) is 22.7 Å². The van der Waals surface area contributed by atoms with Crippen LogP contribution < -0.4 is 5.32 Å². The van der Waals surface area contributed by atoms with Crippen LogP contribution in [0, 0.1) is 12.7 Å². The molecule has 2 aromatic carbocycles. The summed E-state index contributed by atoms with van der Waals surface area (Å²) < 4.78 is 100. The van der Waals surface area contributed by atoms with Gasteiger partial charge in [0, 0.05) is 19.6 Å². The minimum atomic E-state index is -5.03. The number of nitrogens with one attached hydrogen (secondary N) is 1. The van der Waals surface area contributed by atoms with Gasteiger partial charge < -0.3 is 19.9 Å². The number of ether oxygens (including phenoxy) is 1. The van der Waals surface area contributed by atoms with Crippen molar-refractivity contribution in [3.8, 4) is 0 Å². The lowest BCUT2D eigenvalue weighted by molar-refractivity contribution is -0.143. The predicted molar refractivity (Wildman–Crippen MR) is 134 cm³/mol. The van der Waals surface area contributed by atoms with E-state index in [1.807, 2.05) is 0 Å². The fraction of sp³-hybridized carbons (Fsp3) is 0.500. The topological polar surface area (TPSA) is 61.9 Å². The van der Waals surface area contributed by atoms with Crippen LogP contribution in [0.1, 0.15) is 67.5 Å². The molecule has 0 spiro atoms. The summed E-state index contributed by atoms with van der Waals surface area (Å²) in [5.74, 6) is -0.510. The first-order valence-electron chi connectivity index (χ1n) is 12.9. The summed E-state index contributed by atoms with van der Waals surface area (Å²) >= 11 is 0. The lowest BCUT2D eigenvalue weighted by atomic mass is 9.96. The normalized spacial score (nSPS) is 19.1. The molecule has 13 heteroatoms. The average Bonchev–Trinajstić information content (AvgIpc) is 3.62. The van der Waals surface area contributed by atoms with E-state index in [2.05, 4.69) is 5.32 Å². The highest BCUT2D eigenvalue weighted by Crippen LogP contribution is 2.49. The van der Waals surface area contributed by atoms with Crippen molar-refractivity contribution in [2.24, 2.45) is 0 Å². The molecule has 0 bridgehead atoms. The number of hydrogen-bond donors (Lipinski definition) is 1. The van der Waals surface area contributed by atoms with Crippen LogP contribution in [-0.4, -0.2) is 47.2 Å². The van der Waals surface area contributed by atoms with Crippen molar-refractivity contribution in [3.63, 3.8) is 0 Å². The van der Waals surface area contributed by atoms with Crippen LogP contribution in [0.4, 0.5) is 40.3 Å². The van der Waals surface area contributed by atoms with Crippen LogP contribution in [-0.2, 0) is 22.6 Å². The van der Waals surface area contributed by atoms with Gasteiger partial charge in [0.1, 0.15) is 11.4 Å². The van der Waals surface area contributed by atoms with Crippen LogP contribution in [0.3, 0.4) is 0 Å². The number of hydrogen-bond acceptors (Lipinski definition) is 3. The molecule has 1 saturated heterocycles. The fourth-order valence-corrected chi connectivity index (χ4v) is 4.92. The van der Waals surface area contributed by atoms with Crippen molar-refractivity contribution in [2.45, 2.75) is 70.1 Å². The lowest BCUT2D eigenvalue weighted by Crippen LogP contribution is -2.56. The van der Waals surface area contributed by atoms with Crippen LogP contribution in [0.25, 0.3) is 0 Å². The monoisotopic (exact) mass is 589 g/mol. The summed E-state index contributed by atoms with van der Waals surface area (Å²) in [6.07, 6.45) is -10.4. The number of carbonyl (C=O) groups excluding carboxylic acids is 2. The molecule has 2 fully saturated rings. The molecule has 4 rings (SSSR count). The summed E-state index contributed by atoms with van der Waals surface area (Å²) in [5, 5.41) is 2.67. The third kappa shape index (κ3) is 6.87. The summed E-state index contributed by atoms with van der Waals surface area (Å²) in [5.41, 5.74) is -4.42. The maximum absolute atomic E-state index is 13.9. The Bertz CT molecular complexity index is 1300. The number of alkyl halides is 6.